The second-order valence-corrected chi connectivity index (χ2v) is 4.05. The molecule has 0 radical (unpaired) electrons. The van der Waals surface area contributed by atoms with Gasteiger partial charge in [-0.3, -0.25) is 10.3 Å². The number of hydrogen-bond donors (Lipinski definition) is 3. The fourth-order valence-electron chi connectivity index (χ4n) is 1.81. The first-order valence-electron chi connectivity index (χ1n) is 5.70. The second-order valence-electron chi connectivity index (χ2n) is 4.05. The molecule has 0 spiro atoms. The normalized spacial score (nSPS) is 10.6. The molecule has 0 saturated heterocycles. The molecule has 0 saturated carbocycles. The lowest BCUT2D eigenvalue weighted by molar-refractivity contribution is 0.210. The van der Waals surface area contributed by atoms with Crippen LogP contribution in [0.15, 0.2) is 36.7 Å². The lowest BCUT2D eigenvalue weighted by Crippen LogP contribution is -2.06. The molecule has 8 nitrogen and oxygen atoms in total. The summed E-state index contributed by atoms with van der Waals surface area (Å²) in [7, 11) is 0. The van der Waals surface area contributed by atoms with Crippen molar-refractivity contribution >= 4 is 23.4 Å². The maximum absolute atomic E-state index is 10.5. The van der Waals surface area contributed by atoms with Gasteiger partial charge >= 0.3 is 6.09 Å². The maximum Gasteiger partial charge on any atom is 0.409 e. The average molecular weight is 270 g/mol. The van der Waals surface area contributed by atoms with Crippen LogP contribution in [0.4, 0.5) is 16.4 Å². The van der Waals surface area contributed by atoms with Crippen molar-refractivity contribution in [3.63, 3.8) is 0 Å². The summed E-state index contributed by atoms with van der Waals surface area (Å²) in [6.45, 7) is 0. The molecule has 1 amide bonds. The molecule has 8 heteroatoms. The molecule has 4 N–H and O–H groups in total. The van der Waals surface area contributed by atoms with E-state index in [0.717, 1.165) is 5.56 Å². The Hall–Kier alpha value is -3.16. The summed E-state index contributed by atoms with van der Waals surface area (Å²) in [5.41, 5.74) is 8.08. The SMILES string of the molecule is Nc1nc2cnc(-c3ccc(NC(=O)O)cc3)cn2n1. The highest BCUT2D eigenvalue weighted by atomic mass is 16.4. The zero-order valence-electron chi connectivity index (χ0n) is 10.2. The van der Waals surface area contributed by atoms with Crippen LogP contribution in [0.1, 0.15) is 0 Å². The standard InChI is InChI=1S/C12H10N6O2/c13-11-16-10-5-14-9(6-18(10)17-11)7-1-3-8(4-2-7)15-12(19)20/h1-6,15H,(H2,13,17)(H,19,20). The number of amides is 1. The second kappa shape index (κ2) is 4.50. The van der Waals surface area contributed by atoms with E-state index in [2.05, 4.69) is 20.4 Å². The van der Waals surface area contributed by atoms with Crippen molar-refractivity contribution in [3.05, 3.63) is 36.7 Å². The quantitative estimate of drug-likeness (QED) is 0.648. The summed E-state index contributed by atoms with van der Waals surface area (Å²) in [4.78, 5) is 18.8. The number of nitrogen functional groups attached to an aromatic ring is 1. The summed E-state index contributed by atoms with van der Waals surface area (Å²) in [5.74, 6) is 0.185. The molecule has 1 aromatic carbocycles. The summed E-state index contributed by atoms with van der Waals surface area (Å²) in [6.07, 6.45) is 2.18. The zero-order chi connectivity index (χ0) is 14.1. The van der Waals surface area contributed by atoms with Crippen LogP contribution < -0.4 is 11.1 Å². The third-order valence-corrected chi connectivity index (χ3v) is 2.67. The highest BCUT2D eigenvalue weighted by Crippen LogP contribution is 2.19. The molecular weight excluding hydrogens is 260 g/mol. The predicted octanol–water partition coefficient (Wildman–Crippen LogP) is 1.46. The molecule has 2 heterocycles. The maximum atomic E-state index is 10.5. The molecule has 0 aliphatic carbocycles. The van der Waals surface area contributed by atoms with Gasteiger partial charge in [0, 0.05) is 11.3 Å². The van der Waals surface area contributed by atoms with Crippen LogP contribution >= 0.6 is 0 Å². The van der Waals surface area contributed by atoms with Crippen molar-refractivity contribution in [2.75, 3.05) is 11.1 Å². The van der Waals surface area contributed by atoms with Crippen molar-refractivity contribution in [1.29, 1.82) is 0 Å². The number of carbonyl (C=O) groups is 1. The van der Waals surface area contributed by atoms with E-state index >= 15 is 0 Å². The van der Waals surface area contributed by atoms with E-state index in [1.54, 1.807) is 41.2 Å². The van der Waals surface area contributed by atoms with E-state index in [-0.39, 0.29) is 5.95 Å². The summed E-state index contributed by atoms with van der Waals surface area (Å²) < 4.78 is 1.54. The van der Waals surface area contributed by atoms with Crippen LogP contribution in [-0.2, 0) is 0 Å². The van der Waals surface area contributed by atoms with Gasteiger partial charge in [0.05, 0.1) is 18.1 Å². The van der Waals surface area contributed by atoms with E-state index in [4.69, 9.17) is 10.8 Å². The number of aromatic nitrogens is 4. The Balaban J connectivity index is 1.95. The van der Waals surface area contributed by atoms with E-state index in [0.29, 0.717) is 17.0 Å². The highest BCUT2D eigenvalue weighted by Gasteiger charge is 2.05. The molecule has 0 atom stereocenters. The lowest BCUT2D eigenvalue weighted by atomic mass is 10.1. The highest BCUT2D eigenvalue weighted by molar-refractivity contribution is 5.83. The first kappa shape index (κ1) is 11.9. The minimum Gasteiger partial charge on any atom is -0.465 e. The molecule has 3 rings (SSSR count). The van der Waals surface area contributed by atoms with Gasteiger partial charge in [0.25, 0.3) is 0 Å². The molecule has 0 bridgehead atoms. The smallest absolute Gasteiger partial charge is 0.409 e. The predicted molar refractivity (Wildman–Crippen MR) is 72.3 cm³/mol. The fourth-order valence-corrected chi connectivity index (χ4v) is 1.81. The minimum absolute atomic E-state index is 0.185. The van der Waals surface area contributed by atoms with Crippen molar-refractivity contribution in [2.24, 2.45) is 0 Å². The monoisotopic (exact) mass is 270 g/mol. The average Bonchev–Trinajstić information content (AvgIpc) is 2.78. The number of fused-ring (bicyclic) bond motifs is 1. The molecule has 2 aromatic heterocycles. The van der Waals surface area contributed by atoms with Gasteiger partial charge in [0.1, 0.15) is 0 Å². The van der Waals surface area contributed by atoms with Gasteiger partial charge in [-0.05, 0) is 12.1 Å². The van der Waals surface area contributed by atoms with Crippen LogP contribution in [0.25, 0.3) is 16.9 Å². The first-order valence-corrected chi connectivity index (χ1v) is 5.70. The number of nitrogens with zero attached hydrogens (tertiary/aromatic N) is 4. The van der Waals surface area contributed by atoms with Gasteiger partial charge in [-0.2, -0.15) is 4.98 Å². The van der Waals surface area contributed by atoms with Crippen LogP contribution in [0.3, 0.4) is 0 Å². The minimum atomic E-state index is -1.10. The molecule has 0 unspecified atom stereocenters. The molecule has 100 valence electrons. The van der Waals surface area contributed by atoms with Crippen molar-refractivity contribution in [1.82, 2.24) is 19.6 Å². The van der Waals surface area contributed by atoms with E-state index in [1.807, 2.05) is 0 Å². The lowest BCUT2D eigenvalue weighted by Gasteiger charge is -2.03. The molecule has 0 aliphatic heterocycles. The van der Waals surface area contributed by atoms with Crippen LogP contribution in [0.2, 0.25) is 0 Å². The van der Waals surface area contributed by atoms with E-state index < -0.39 is 6.09 Å². The first-order chi connectivity index (χ1) is 9.61. The Labute approximate surface area is 112 Å². The van der Waals surface area contributed by atoms with Crippen LogP contribution in [-0.4, -0.2) is 30.8 Å². The number of benzene rings is 1. The number of nitrogens with two attached hydrogens (primary N) is 1. The van der Waals surface area contributed by atoms with Gasteiger partial charge in [-0.25, -0.2) is 9.31 Å². The van der Waals surface area contributed by atoms with Crippen molar-refractivity contribution in [3.8, 4) is 11.3 Å². The van der Waals surface area contributed by atoms with E-state index in [1.165, 1.54) is 0 Å². The summed E-state index contributed by atoms with van der Waals surface area (Å²) >= 11 is 0. The molecule has 3 aromatic rings. The molecule has 20 heavy (non-hydrogen) atoms. The van der Waals surface area contributed by atoms with Gasteiger partial charge in [-0.1, -0.05) is 12.1 Å². The third-order valence-electron chi connectivity index (χ3n) is 2.67. The third kappa shape index (κ3) is 2.21. The Morgan fingerprint density at radius 1 is 1.30 bits per heavy atom. The van der Waals surface area contributed by atoms with Crippen molar-refractivity contribution < 1.29 is 9.90 Å². The Bertz CT molecular complexity index is 780. The fraction of sp³-hybridized carbons (Fsp3) is 0. The Morgan fingerprint density at radius 3 is 2.75 bits per heavy atom. The summed E-state index contributed by atoms with van der Waals surface area (Å²) in [6, 6.07) is 6.84. The Morgan fingerprint density at radius 2 is 2.05 bits per heavy atom. The molecule has 0 fully saturated rings. The number of rotatable bonds is 2. The Kier molecular flexibility index (Phi) is 2.68. The van der Waals surface area contributed by atoms with Crippen molar-refractivity contribution in [2.45, 2.75) is 0 Å². The van der Waals surface area contributed by atoms with Gasteiger partial charge < -0.3 is 10.8 Å². The van der Waals surface area contributed by atoms with Crippen LogP contribution in [0, 0.1) is 0 Å². The zero-order valence-corrected chi connectivity index (χ0v) is 10.2. The largest absolute Gasteiger partial charge is 0.465 e. The topological polar surface area (TPSA) is 118 Å². The number of carboxylic acid groups (broad SMARTS) is 1. The number of anilines is 2. The van der Waals surface area contributed by atoms with Gasteiger partial charge in [0.15, 0.2) is 5.65 Å². The molecule has 0 aliphatic rings. The van der Waals surface area contributed by atoms with Gasteiger partial charge in [0.2, 0.25) is 5.95 Å². The number of hydrogen-bond acceptors (Lipinski definition) is 5. The summed E-state index contributed by atoms with van der Waals surface area (Å²) in [5, 5.41) is 14.9. The van der Waals surface area contributed by atoms with Crippen LogP contribution in [0.5, 0.6) is 0 Å². The number of nitrogens with one attached hydrogen (secondary N) is 1. The molecular formula is C12H10N6O2. The van der Waals surface area contributed by atoms with E-state index in [9.17, 15) is 4.79 Å². The van der Waals surface area contributed by atoms with Gasteiger partial charge in [-0.15, -0.1) is 5.10 Å².